The number of carbonyl (C=O) groups excluding carboxylic acids is 1. The Morgan fingerprint density at radius 2 is 1.82 bits per heavy atom. The predicted octanol–water partition coefficient (Wildman–Crippen LogP) is 0.921. The normalized spacial score (nSPS) is 18.9. The van der Waals surface area contributed by atoms with E-state index in [1.54, 1.807) is 0 Å². The summed E-state index contributed by atoms with van der Waals surface area (Å²) in [5.74, 6) is -4.61. The Hall–Kier alpha value is -2.46. The fraction of sp³-hybridized carbons (Fsp3) is 0.421. The minimum Gasteiger partial charge on any atom is -0.337 e. The van der Waals surface area contributed by atoms with Crippen LogP contribution in [0.1, 0.15) is 29.0 Å². The first kappa shape index (κ1) is 24.7. The summed E-state index contributed by atoms with van der Waals surface area (Å²) in [6, 6.07) is 1.82. The molecule has 0 bridgehead atoms. The van der Waals surface area contributed by atoms with Gasteiger partial charge in [0.1, 0.15) is 10.6 Å². The average molecular weight is 522 g/mol. The molecule has 2 aliphatic rings. The molecule has 1 fully saturated rings. The number of nitrogens with one attached hydrogen (secondary N) is 3. The number of sulfonamides is 1. The third kappa shape index (κ3) is 4.45. The Morgan fingerprint density at radius 3 is 2.50 bits per heavy atom. The summed E-state index contributed by atoms with van der Waals surface area (Å²) >= 11 is 0. The summed E-state index contributed by atoms with van der Waals surface area (Å²) < 4.78 is 98.9. The van der Waals surface area contributed by atoms with E-state index in [2.05, 4.69) is 14.8 Å². The van der Waals surface area contributed by atoms with Gasteiger partial charge < -0.3 is 9.88 Å². The molecule has 0 spiro atoms. The van der Waals surface area contributed by atoms with E-state index in [1.807, 2.05) is 0 Å². The van der Waals surface area contributed by atoms with Gasteiger partial charge >= 0.3 is 0 Å². The lowest BCUT2D eigenvalue weighted by Gasteiger charge is -2.16. The van der Waals surface area contributed by atoms with Crippen molar-refractivity contribution in [2.45, 2.75) is 36.7 Å². The van der Waals surface area contributed by atoms with Crippen LogP contribution in [0, 0.1) is 17.5 Å². The number of nitrogens with zero attached hydrogens (tertiary/aromatic N) is 2. The van der Waals surface area contributed by atoms with Crippen molar-refractivity contribution < 1.29 is 34.8 Å². The first-order chi connectivity index (χ1) is 15.9. The Bertz CT molecular complexity index is 1360. The standard InChI is InChI=1S/C19H22F3N5O5S2/c1-23-34(31,32)26-8-6-12(10-26)25-33(29,30)18-15-3-2-7-27(15)17(16(18)22)19(28)24-11-4-5-13(20)14(21)9-11/h4-5,9,12,23,25H,2-3,6-8,10H2,1H3,(H,24,28)/t12-/m1/s1. The summed E-state index contributed by atoms with van der Waals surface area (Å²) in [5.41, 5.74) is -0.558. The molecule has 1 amide bonds. The van der Waals surface area contributed by atoms with Crippen LogP contribution in [0.2, 0.25) is 0 Å². The van der Waals surface area contributed by atoms with Crippen LogP contribution < -0.4 is 14.8 Å². The molecule has 0 saturated carbocycles. The Balaban J connectivity index is 1.61. The molecule has 186 valence electrons. The maximum atomic E-state index is 15.4. The number of rotatable bonds is 7. The van der Waals surface area contributed by atoms with Gasteiger partial charge in [0.15, 0.2) is 17.5 Å². The van der Waals surface area contributed by atoms with Crippen LogP contribution in [0.4, 0.5) is 18.9 Å². The molecule has 3 heterocycles. The van der Waals surface area contributed by atoms with Crippen molar-refractivity contribution in [3.63, 3.8) is 0 Å². The zero-order valence-corrected chi connectivity index (χ0v) is 19.6. The molecule has 3 N–H and O–H groups in total. The maximum Gasteiger partial charge on any atom is 0.279 e. The van der Waals surface area contributed by atoms with Crippen LogP contribution in [0.25, 0.3) is 0 Å². The second-order valence-corrected chi connectivity index (χ2v) is 11.5. The highest BCUT2D eigenvalue weighted by molar-refractivity contribution is 7.89. The molecule has 2 aliphatic heterocycles. The summed E-state index contributed by atoms with van der Waals surface area (Å²) in [4.78, 5) is 12.1. The molecule has 1 aromatic carbocycles. The van der Waals surface area contributed by atoms with E-state index in [0.29, 0.717) is 6.42 Å². The second kappa shape index (κ2) is 8.96. The summed E-state index contributed by atoms with van der Waals surface area (Å²) in [6.45, 7) is 0.137. The van der Waals surface area contributed by atoms with Crippen LogP contribution in [0.15, 0.2) is 23.1 Å². The van der Waals surface area contributed by atoms with Crippen LogP contribution in [0.3, 0.4) is 0 Å². The van der Waals surface area contributed by atoms with Gasteiger partial charge in [-0.1, -0.05) is 0 Å². The topological polar surface area (TPSA) is 130 Å². The first-order valence-electron chi connectivity index (χ1n) is 10.3. The SMILES string of the molecule is CNS(=O)(=O)N1CC[C@@H](NS(=O)(=O)c2c(F)c(C(=O)Nc3ccc(F)c(F)c3)n3c2CCC3)C1. The fourth-order valence-corrected chi connectivity index (χ4v) is 6.80. The predicted molar refractivity (Wildman–Crippen MR) is 115 cm³/mol. The van der Waals surface area contributed by atoms with Gasteiger partial charge in [-0.2, -0.15) is 12.7 Å². The van der Waals surface area contributed by atoms with Crippen molar-refractivity contribution in [2.75, 3.05) is 25.5 Å². The van der Waals surface area contributed by atoms with Crippen molar-refractivity contribution >= 4 is 31.8 Å². The van der Waals surface area contributed by atoms with E-state index in [1.165, 1.54) is 11.6 Å². The molecule has 0 radical (unpaired) electrons. The molecule has 34 heavy (non-hydrogen) atoms. The molecule has 4 rings (SSSR count). The van der Waals surface area contributed by atoms with Gasteiger partial charge in [0.25, 0.3) is 16.1 Å². The van der Waals surface area contributed by atoms with Crippen LogP contribution >= 0.6 is 0 Å². The summed E-state index contributed by atoms with van der Waals surface area (Å²) in [5, 5.41) is 2.26. The van der Waals surface area contributed by atoms with E-state index in [0.717, 1.165) is 22.5 Å². The number of hydrogen-bond donors (Lipinski definition) is 3. The van der Waals surface area contributed by atoms with Crippen molar-refractivity contribution in [1.82, 2.24) is 18.3 Å². The molecule has 10 nitrogen and oxygen atoms in total. The molecule has 15 heteroatoms. The first-order valence-corrected chi connectivity index (χ1v) is 13.2. The Morgan fingerprint density at radius 1 is 1.09 bits per heavy atom. The minimum atomic E-state index is -4.45. The molecule has 0 aliphatic carbocycles. The van der Waals surface area contributed by atoms with Gasteiger partial charge in [0.2, 0.25) is 10.0 Å². The maximum absolute atomic E-state index is 15.4. The van der Waals surface area contributed by atoms with E-state index in [9.17, 15) is 30.4 Å². The highest BCUT2D eigenvalue weighted by atomic mass is 32.2. The van der Waals surface area contributed by atoms with Gasteiger partial charge in [-0.15, -0.1) is 0 Å². The lowest BCUT2D eigenvalue weighted by atomic mass is 10.2. The van der Waals surface area contributed by atoms with Crippen molar-refractivity contribution in [3.05, 3.63) is 47.0 Å². The minimum absolute atomic E-state index is 0.0780. The summed E-state index contributed by atoms with van der Waals surface area (Å²) in [6.07, 6.45) is 0.860. The van der Waals surface area contributed by atoms with Crippen LogP contribution in [-0.4, -0.2) is 57.8 Å². The third-order valence-electron chi connectivity index (χ3n) is 5.79. The van der Waals surface area contributed by atoms with Crippen molar-refractivity contribution in [3.8, 4) is 0 Å². The van der Waals surface area contributed by atoms with Crippen molar-refractivity contribution in [2.24, 2.45) is 0 Å². The number of hydrogen-bond acceptors (Lipinski definition) is 5. The second-order valence-electron chi connectivity index (χ2n) is 7.95. The highest BCUT2D eigenvalue weighted by Crippen LogP contribution is 2.32. The number of anilines is 1. The largest absolute Gasteiger partial charge is 0.337 e. The molecule has 1 aromatic heterocycles. The van der Waals surface area contributed by atoms with E-state index in [-0.39, 0.29) is 43.9 Å². The van der Waals surface area contributed by atoms with Gasteiger partial charge in [-0.05, 0) is 31.4 Å². The Labute approximate surface area is 194 Å². The average Bonchev–Trinajstić information content (AvgIpc) is 3.46. The van der Waals surface area contributed by atoms with Crippen LogP contribution in [-0.2, 0) is 33.2 Å². The van der Waals surface area contributed by atoms with E-state index >= 15 is 4.39 Å². The molecular formula is C19H22F3N5O5S2. The van der Waals surface area contributed by atoms with Gasteiger partial charge in [-0.3, -0.25) is 4.79 Å². The Kier molecular flexibility index (Phi) is 6.50. The fourth-order valence-electron chi connectivity index (χ4n) is 4.22. The molecule has 1 saturated heterocycles. The zero-order valence-electron chi connectivity index (χ0n) is 17.9. The van der Waals surface area contributed by atoms with Crippen LogP contribution in [0.5, 0.6) is 0 Å². The van der Waals surface area contributed by atoms with E-state index in [4.69, 9.17) is 0 Å². The number of fused-ring (bicyclic) bond motifs is 1. The van der Waals surface area contributed by atoms with Gasteiger partial charge in [-0.25, -0.2) is 31.0 Å². The quantitative estimate of drug-likeness (QED) is 0.499. The lowest BCUT2D eigenvalue weighted by molar-refractivity contribution is 0.101. The van der Waals surface area contributed by atoms with E-state index < -0.39 is 60.2 Å². The van der Waals surface area contributed by atoms with Gasteiger partial charge in [0.05, 0.1) is 0 Å². The number of halogens is 3. The van der Waals surface area contributed by atoms with Crippen molar-refractivity contribution in [1.29, 1.82) is 0 Å². The highest BCUT2D eigenvalue weighted by Gasteiger charge is 2.39. The molecule has 1 atom stereocenters. The molecular weight excluding hydrogens is 499 g/mol. The monoisotopic (exact) mass is 521 g/mol. The number of carbonyl (C=O) groups is 1. The number of amides is 1. The summed E-state index contributed by atoms with van der Waals surface area (Å²) in [7, 11) is -6.96. The number of aromatic nitrogens is 1. The smallest absolute Gasteiger partial charge is 0.279 e. The lowest BCUT2D eigenvalue weighted by Crippen LogP contribution is -2.41. The third-order valence-corrected chi connectivity index (χ3v) is 8.92. The van der Waals surface area contributed by atoms with Gasteiger partial charge in [0, 0.05) is 50.2 Å². The zero-order chi connectivity index (χ0) is 24.8. The molecule has 0 unspecified atom stereocenters. The number of benzene rings is 1. The molecule has 2 aromatic rings.